The Kier molecular flexibility index (Phi) is 7.68. The molecule has 31 heavy (non-hydrogen) atoms. The van der Waals surface area contributed by atoms with Crippen molar-refractivity contribution in [2.45, 2.75) is 12.8 Å². The fraction of sp³-hybridized carbons (Fsp3) is 0.0909. The molecular weight excluding hydrogens is 482 g/mol. The number of carbonyl (C=O) groups excluding carboxylic acids is 2. The molecule has 0 aromatic heterocycles. The van der Waals surface area contributed by atoms with E-state index in [9.17, 15) is 9.59 Å². The minimum atomic E-state index is -1.26. The Hall–Kier alpha value is -2.44. The van der Waals surface area contributed by atoms with Crippen molar-refractivity contribution in [3.05, 3.63) is 91.9 Å². The molecular formula is C22H16Cl4N2O3. The van der Waals surface area contributed by atoms with Crippen LogP contribution in [0.4, 0.5) is 11.4 Å². The third-order valence-electron chi connectivity index (χ3n) is 4.17. The Balaban J connectivity index is 1.83. The first kappa shape index (κ1) is 23.2. The standard InChI is InChI=1S/C22H16Cl4N2O3/c1-12-2-4-13(5-3-12)20(21(29)27-18-8-14(23)6-15(24)9-18)22(30)31-28-19-10-16(25)7-17(26)11-19/h2-11,20,28H,1H3,(H,27,29). The van der Waals surface area contributed by atoms with Crippen LogP contribution in [0.5, 0.6) is 0 Å². The summed E-state index contributed by atoms with van der Waals surface area (Å²) in [7, 11) is 0. The zero-order chi connectivity index (χ0) is 22.5. The first-order valence-electron chi connectivity index (χ1n) is 8.97. The summed E-state index contributed by atoms with van der Waals surface area (Å²) in [5.74, 6) is -2.70. The number of carbonyl (C=O) groups is 2. The maximum atomic E-state index is 13.0. The second kappa shape index (κ2) is 10.2. The summed E-state index contributed by atoms with van der Waals surface area (Å²) in [5, 5.41) is 4.06. The molecule has 1 atom stereocenters. The topological polar surface area (TPSA) is 67.4 Å². The molecule has 0 radical (unpaired) electrons. The van der Waals surface area contributed by atoms with Crippen LogP contribution in [0.3, 0.4) is 0 Å². The molecule has 0 bridgehead atoms. The highest BCUT2D eigenvalue weighted by atomic mass is 35.5. The second-order valence-corrected chi connectivity index (χ2v) is 8.42. The van der Waals surface area contributed by atoms with Crippen LogP contribution in [0.25, 0.3) is 0 Å². The highest BCUT2D eigenvalue weighted by molar-refractivity contribution is 6.35. The monoisotopic (exact) mass is 496 g/mol. The normalized spacial score (nSPS) is 11.5. The van der Waals surface area contributed by atoms with Gasteiger partial charge in [0.2, 0.25) is 5.91 Å². The van der Waals surface area contributed by atoms with E-state index in [0.29, 0.717) is 37.0 Å². The maximum Gasteiger partial charge on any atom is 0.348 e. The van der Waals surface area contributed by atoms with Gasteiger partial charge in [0.05, 0.1) is 5.69 Å². The number of rotatable bonds is 6. The minimum absolute atomic E-state index is 0.344. The molecule has 160 valence electrons. The van der Waals surface area contributed by atoms with Crippen molar-refractivity contribution < 1.29 is 14.4 Å². The number of anilines is 2. The fourth-order valence-electron chi connectivity index (χ4n) is 2.77. The first-order chi connectivity index (χ1) is 14.7. The lowest BCUT2D eigenvalue weighted by Crippen LogP contribution is -2.30. The highest BCUT2D eigenvalue weighted by Crippen LogP contribution is 2.26. The molecule has 3 rings (SSSR count). The largest absolute Gasteiger partial charge is 0.348 e. The Labute approximate surface area is 199 Å². The number of benzene rings is 3. The van der Waals surface area contributed by atoms with Crippen molar-refractivity contribution in [3.8, 4) is 0 Å². The van der Waals surface area contributed by atoms with Gasteiger partial charge in [-0.25, -0.2) is 10.3 Å². The molecule has 0 aliphatic carbocycles. The van der Waals surface area contributed by atoms with Crippen LogP contribution >= 0.6 is 46.4 Å². The van der Waals surface area contributed by atoms with Crippen molar-refractivity contribution in [1.82, 2.24) is 0 Å². The third-order valence-corrected chi connectivity index (χ3v) is 5.04. The molecule has 5 nitrogen and oxygen atoms in total. The van der Waals surface area contributed by atoms with Crippen molar-refractivity contribution in [3.63, 3.8) is 0 Å². The van der Waals surface area contributed by atoms with Crippen LogP contribution < -0.4 is 10.8 Å². The number of halogens is 4. The predicted molar refractivity (Wildman–Crippen MR) is 125 cm³/mol. The van der Waals surface area contributed by atoms with Gasteiger partial charge in [-0.05, 0) is 48.9 Å². The van der Waals surface area contributed by atoms with Crippen LogP contribution in [-0.4, -0.2) is 11.9 Å². The van der Waals surface area contributed by atoms with Gasteiger partial charge in [0.25, 0.3) is 0 Å². The summed E-state index contributed by atoms with van der Waals surface area (Å²) >= 11 is 23.9. The Morgan fingerprint density at radius 2 is 1.26 bits per heavy atom. The Morgan fingerprint density at radius 1 is 0.774 bits per heavy atom. The van der Waals surface area contributed by atoms with Crippen molar-refractivity contribution in [2.75, 3.05) is 10.8 Å². The molecule has 0 spiro atoms. The average molecular weight is 498 g/mol. The molecule has 9 heteroatoms. The summed E-state index contributed by atoms with van der Waals surface area (Å²) < 4.78 is 0. The van der Waals surface area contributed by atoms with Gasteiger partial charge in [0.1, 0.15) is 0 Å². The average Bonchev–Trinajstić information content (AvgIpc) is 2.66. The predicted octanol–water partition coefficient (Wildman–Crippen LogP) is 6.90. The van der Waals surface area contributed by atoms with Crippen LogP contribution in [-0.2, 0) is 14.4 Å². The number of nitrogens with one attached hydrogen (secondary N) is 2. The van der Waals surface area contributed by atoms with Gasteiger partial charge in [-0.3, -0.25) is 4.79 Å². The van der Waals surface area contributed by atoms with Gasteiger partial charge in [-0.1, -0.05) is 76.2 Å². The molecule has 0 saturated carbocycles. The summed E-state index contributed by atoms with van der Waals surface area (Å²) in [4.78, 5) is 31.1. The smallest absolute Gasteiger partial charge is 0.342 e. The lowest BCUT2D eigenvalue weighted by Gasteiger charge is -2.17. The summed E-state index contributed by atoms with van der Waals surface area (Å²) in [6.07, 6.45) is 0. The quantitative estimate of drug-likeness (QED) is 0.287. The summed E-state index contributed by atoms with van der Waals surface area (Å²) in [5.41, 5.74) is 4.62. The lowest BCUT2D eigenvalue weighted by molar-refractivity contribution is -0.145. The number of hydrogen-bond donors (Lipinski definition) is 2. The summed E-state index contributed by atoms with van der Waals surface area (Å²) in [6.45, 7) is 1.90. The number of aryl methyl sites for hydroxylation is 1. The van der Waals surface area contributed by atoms with E-state index in [2.05, 4.69) is 10.8 Å². The number of amides is 1. The van der Waals surface area contributed by atoms with Gasteiger partial charge >= 0.3 is 5.97 Å². The van der Waals surface area contributed by atoms with Gasteiger partial charge in [0.15, 0.2) is 5.92 Å². The molecule has 0 aliphatic heterocycles. The highest BCUT2D eigenvalue weighted by Gasteiger charge is 2.31. The summed E-state index contributed by atoms with van der Waals surface area (Å²) in [6, 6.07) is 16.1. The van der Waals surface area contributed by atoms with Crippen LogP contribution in [0.1, 0.15) is 17.0 Å². The molecule has 0 saturated heterocycles. The van der Waals surface area contributed by atoms with Crippen molar-refractivity contribution >= 4 is 69.7 Å². The Bertz CT molecular complexity index is 1080. The van der Waals surface area contributed by atoms with E-state index >= 15 is 0 Å². The minimum Gasteiger partial charge on any atom is -0.342 e. The zero-order valence-corrected chi connectivity index (χ0v) is 19.1. The van der Waals surface area contributed by atoms with E-state index in [4.69, 9.17) is 51.2 Å². The molecule has 0 fully saturated rings. The van der Waals surface area contributed by atoms with Gasteiger partial charge < -0.3 is 10.2 Å². The zero-order valence-electron chi connectivity index (χ0n) is 16.1. The Morgan fingerprint density at radius 3 is 1.77 bits per heavy atom. The van der Waals surface area contributed by atoms with E-state index in [1.165, 1.54) is 36.4 Å². The van der Waals surface area contributed by atoms with Crippen LogP contribution in [0, 0.1) is 6.92 Å². The molecule has 0 heterocycles. The lowest BCUT2D eigenvalue weighted by atomic mass is 9.97. The first-order valence-corrected chi connectivity index (χ1v) is 10.5. The molecule has 3 aromatic rings. The van der Waals surface area contributed by atoms with Gasteiger partial charge in [0, 0.05) is 25.8 Å². The molecule has 1 amide bonds. The van der Waals surface area contributed by atoms with E-state index in [1.807, 2.05) is 6.92 Å². The second-order valence-electron chi connectivity index (χ2n) is 6.67. The SMILES string of the molecule is Cc1ccc(C(C(=O)Nc2cc(Cl)cc(Cl)c2)C(=O)ONc2cc(Cl)cc(Cl)c2)cc1. The molecule has 1 unspecified atom stereocenters. The van der Waals surface area contributed by atoms with Crippen molar-refractivity contribution in [2.24, 2.45) is 0 Å². The fourth-order valence-corrected chi connectivity index (χ4v) is 3.83. The molecule has 0 aliphatic rings. The van der Waals surface area contributed by atoms with E-state index in [-0.39, 0.29) is 0 Å². The van der Waals surface area contributed by atoms with Gasteiger partial charge in [-0.15, -0.1) is 0 Å². The van der Waals surface area contributed by atoms with Crippen molar-refractivity contribution in [1.29, 1.82) is 0 Å². The van der Waals surface area contributed by atoms with Crippen LogP contribution in [0.15, 0.2) is 60.7 Å². The molecule has 3 aromatic carbocycles. The van der Waals surface area contributed by atoms with E-state index in [0.717, 1.165) is 5.56 Å². The van der Waals surface area contributed by atoms with E-state index < -0.39 is 17.8 Å². The van der Waals surface area contributed by atoms with Gasteiger partial charge in [-0.2, -0.15) is 0 Å². The molecule has 2 N–H and O–H groups in total. The number of hydrogen-bond acceptors (Lipinski definition) is 4. The van der Waals surface area contributed by atoms with E-state index in [1.54, 1.807) is 24.3 Å². The third kappa shape index (κ3) is 6.52. The van der Waals surface area contributed by atoms with Crippen LogP contribution in [0.2, 0.25) is 20.1 Å². The maximum absolute atomic E-state index is 13.0.